The number of hydrogen-bond donors (Lipinski definition) is 2. The Morgan fingerprint density at radius 3 is 2.52 bits per heavy atom. The average Bonchev–Trinajstić information content (AvgIpc) is 2.87. The van der Waals surface area contributed by atoms with E-state index in [1.165, 1.54) is 11.8 Å². The number of piperidine rings is 1. The van der Waals surface area contributed by atoms with E-state index < -0.39 is 18.5 Å². The Bertz CT molecular complexity index is 722. The highest BCUT2D eigenvalue weighted by molar-refractivity contribution is 6.01. The van der Waals surface area contributed by atoms with Crippen LogP contribution in [0.2, 0.25) is 0 Å². The van der Waals surface area contributed by atoms with Crippen LogP contribution in [0.25, 0.3) is 0 Å². The molecule has 1 aliphatic rings. The third-order valence-corrected chi connectivity index (χ3v) is 4.50. The van der Waals surface area contributed by atoms with Gasteiger partial charge in [0.05, 0.1) is 5.92 Å². The molecule has 0 unspecified atom stereocenters. The number of primary amides is 1. The van der Waals surface area contributed by atoms with E-state index in [0.717, 1.165) is 0 Å². The lowest BCUT2D eigenvalue weighted by atomic mass is 9.97. The van der Waals surface area contributed by atoms with Crippen molar-refractivity contribution >= 4 is 23.6 Å². The van der Waals surface area contributed by atoms with Crippen molar-refractivity contribution in [3.8, 4) is 0 Å². The van der Waals surface area contributed by atoms with Gasteiger partial charge in [-0.2, -0.15) is 0 Å². The molecule has 1 aromatic heterocycles. The van der Waals surface area contributed by atoms with Gasteiger partial charge in [0.2, 0.25) is 5.91 Å². The van der Waals surface area contributed by atoms with Gasteiger partial charge in [-0.25, -0.2) is 4.79 Å². The van der Waals surface area contributed by atoms with E-state index in [-0.39, 0.29) is 29.8 Å². The van der Waals surface area contributed by atoms with Crippen LogP contribution < -0.4 is 5.73 Å². The Morgan fingerprint density at radius 1 is 1.28 bits per heavy atom. The lowest BCUT2D eigenvalue weighted by Crippen LogP contribution is -2.45. The third kappa shape index (κ3) is 4.07. The molecule has 25 heavy (non-hydrogen) atoms. The lowest BCUT2D eigenvalue weighted by molar-refractivity contribution is -0.137. The number of nitrogens with zero attached hydrogens (tertiary/aromatic N) is 1. The highest BCUT2D eigenvalue weighted by Crippen LogP contribution is 2.20. The van der Waals surface area contributed by atoms with Crippen molar-refractivity contribution in [2.24, 2.45) is 11.7 Å². The quantitative estimate of drug-likeness (QED) is 0.599. The predicted molar refractivity (Wildman–Crippen MR) is 89.1 cm³/mol. The SMILES string of the molecule is CC(=O)c1c(C)[nH]c(C(=O)OCC(=O)N2CCC[C@@H](C(N)=O)C2)c1C. The van der Waals surface area contributed by atoms with Crippen LogP contribution >= 0.6 is 0 Å². The van der Waals surface area contributed by atoms with Gasteiger partial charge in [-0.3, -0.25) is 14.4 Å². The van der Waals surface area contributed by atoms with Gasteiger partial charge in [-0.1, -0.05) is 0 Å². The Morgan fingerprint density at radius 2 is 1.96 bits per heavy atom. The number of amides is 2. The maximum absolute atomic E-state index is 12.2. The summed E-state index contributed by atoms with van der Waals surface area (Å²) in [6.45, 7) is 5.12. The highest BCUT2D eigenvalue weighted by atomic mass is 16.5. The van der Waals surface area contributed by atoms with Gasteiger partial charge >= 0.3 is 5.97 Å². The molecule has 0 saturated carbocycles. The molecule has 0 radical (unpaired) electrons. The standard InChI is InChI=1S/C17H23N3O5/c1-9-14(11(3)21)10(2)19-15(9)17(24)25-8-13(22)20-6-4-5-12(7-20)16(18)23/h12,19H,4-8H2,1-3H3,(H2,18,23)/t12-/m1/s1. The summed E-state index contributed by atoms with van der Waals surface area (Å²) in [5, 5.41) is 0. The van der Waals surface area contributed by atoms with E-state index in [1.807, 2.05) is 0 Å². The van der Waals surface area contributed by atoms with Crippen LogP contribution in [0.1, 0.15) is 51.9 Å². The van der Waals surface area contributed by atoms with E-state index in [1.54, 1.807) is 13.8 Å². The van der Waals surface area contributed by atoms with Crippen molar-refractivity contribution in [3.63, 3.8) is 0 Å². The molecular formula is C17H23N3O5. The molecule has 8 heteroatoms. The number of aryl methyl sites for hydroxylation is 1. The lowest BCUT2D eigenvalue weighted by Gasteiger charge is -2.31. The Balaban J connectivity index is 1.98. The molecule has 2 amide bonds. The molecule has 1 atom stereocenters. The van der Waals surface area contributed by atoms with E-state index >= 15 is 0 Å². The second-order valence-corrected chi connectivity index (χ2v) is 6.34. The summed E-state index contributed by atoms with van der Waals surface area (Å²) in [5.41, 5.74) is 7.01. The van der Waals surface area contributed by atoms with Gasteiger partial charge in [0, 0.05) is 24.3 Å². The second-order valence-electron chi connectivity index (χ2n) is 6.34. The first-order valence-corrected chi connectivity index (χ1v) is 8.16. The Hall–Kier alpha value is -2.64. The zero-order valence-corrected chi connectivity index (χ0v) is 14.7. The predicted octanol–water partition coefficient (Wildman–Crippen LogP) is 0.715. The van der Waals surface area contributed by atoms with Gasteiger partial charge in [-0.15, -0.1) is 0 Å². The second kappa shape index (κ2) is 7.50. The summed E-state index contributed by atoms with van der Waals surface area (Å²) < 4.78 is 5.08. The monoisotopic (exact) mass is 349 g/mol. The fraction of sp³-hybridized carbons (Fsp3) is 0.529. The Labute approximate surface area is 145 Å². The first-order chi connectivity index (χ1) is 11.7. The summed E-state index contributed by atoms with van der Waals surface area (Å²) in [6, 6.07) is 0. The number of rotatable bonds is 5. The molecule has 1 aliphatic heterocycles. The summed E-state index contributed by atoms with van der Waals surface area (Å²) >= 11 is 0. The number of ether oxygens (including phenoxy) is 1. The number of nitrogens with one attached hydrogen (secondary N) is 1. The summed E-state index contributed by atoms with van der Waals surface area (Å²) in [5.74, 6) is -1.99. The van der Waals surface area contributed by atoms with Gasteiger partial charge in [0.15, 0.2) is 12.4 Å². The molecule has 2 heterocycles. The number of likely N-dealkylation sites (tertiary alicyclic amines) is 1. The Kier molecular flexibility index (Phi) is 5.61. The highest BCUT2D eigenvalue weighted by Gasteiger charge is 2.28. The van der Waals surface area contributed by atoms with Crippen molar-refractivity contribution in [3.05, 3.63) is 22.5 Å². The van der Waals surface area contributed by atoms with Crippen molar-refractivity contribution in [2.75, 3.05) is 19.7 Å². The van der Waals surface area contributed by atoms with Gasteiger partial charge in [-0.05, 0) is 39.2 Å². The van der Waals surface area contributed by atoms with Crippen LogP contribution in [-0.4, -0.2) is 53.1 Å². The number of carbonyl (C=O) groups is 4. The molecule has 3 N–H and O–H groups in total. The molecule has 0 aliphatic carbocycles. The normalized spacial score (nSPS) is 17.2. The van der Waals surface area contributed by atoms with Gasteiger partial charge < -0.3 is 20.4 Å². The van der Waals surface area contributed by atoms with Crippen LogP contribution in [-0.2, 0) is 14.3 Å². The van der Waals surface area contributed by atoms with Crippen molar-refractivity contribution < 1.29 is 23.9 Å². The number of H-pyrrole nitrogens is 1. The number of carbonyl (C=O) groups excluding carboxylic acids is 4. The molecule has 0 aromatic carbocycles. The molecule has 8 nitrogen and oxygen atoms in total. The summed E-state index contributed by atoms with van der Waals surface area (Å²) in [7, 11) is 0. The zero-order chi connectivity index (χ0) is 18.7. The fourth-order valence-electron chi connectivity index (χ4n) is 3.21. The number of nitrogens with two attached hydrogens (primary N) is 1. The third-order valence-electron chi connectivity index (χ3n) is 4.50. The number of aromatic nitrogens is 1. The zero-order valence-electron chi connectivity index (χ0n) is 14.7. The van der Waals surface area contributed by atoms with Crippen LogP contribution in [0.3, 0.4) is 0 Å². The van der Waals surface area contributed by atoms with E-state index in [4.69, 9.17) is 10.5 Å². The maximum atomic E-state index is 12.2. The number of ketones is 1. The smallest absolute Gasteiger partial charge is 0.355 e. The summed E-state index contributed by atoms with van der Waals surface area (Å²) in [6.07, 6.45) is 1.35. The van der Waals surface area contributed by atoms with Crippen LogP contribution in [0.4, 0.5) is 0 Å². The van der Waals surface area contributed by atoms with Gasteiger partial charge in [0.25, 0.3) is 5.91 Å². The number of aromatic amines is 1. The molecular weight excluding hydrogens is 326 g/mol. The molecule has 136 valence electrons. The molecule has 1 aromatic rings. The van der Waals surface area contributed by atoms with Crippen LogP contribution in [0.5, 0.6) is 0 Å². The van der Waals surface area contributed by atoms with Crippen molar-refractivity contribution in [1.82, 2.24) is 9.88 Å². The maximum Gasteiger partial charge on any atom is 0.355 e. The van der Waals surface area contributed by atoms with E-state index in [0.29, 0.717) is 36.2 Å². The first kappa shape index (κ1) is 18.7. The summed E-state index contributed by atoms with van der Waals surface area (Å²) in [4.78, 5) is 51.6. The average molecular weight is 349 g/mol. The van der Waals surface area contributed by atoms with E-state index in [2.05, 4.69) is 4.98 Å². The molecule has 1 fully saturated rings. The van der Waals surface area contributed by atoms with Crippen molar-refractivity contribution in [2.45, 2.75) is 33.6 Å². The molecule has 2 rings (SSSR count). The van der Waals surface area contributed by atoms with E-state index in [9.17, 15) is 19.2 Å². The molecule has 1 saturated heterocycles. The van der Waals surface area contributed by atoms with Gasteiger partial charge in [0.1, 0.15) is 5.69 Å². The minimum atomic E-state index is -0.690. The molecule has 0 spiro atoms. The molecule has 0 bridgehead atoms. The topological polar surface area (TPSA) is 123 Å². The largest absolute Gasteiger partial charge is 0.451 e. The van der Waals surface area contributed by atoms with Crippen molar-refractivity contribution in [1.29, 1.82) is 0 Å². The number of hydrogen-bond acceptors (Lipinski definition) is 5. The number of Topliss-reactive ketones (excluding diaryl/α,β-unsaturated/α-hetero) is 1. The number of esters is 1. The minimum Gasteiger partial charge on any atom is -0.451 e. The van der Waals surface area contributed by atoms with Crippen LogP contribution in [0, 0.1) is 19.8 Å². The first-order valence-electron chi connectivity index (χ1n) is 8.16. The fourth-order valence-corrected chi connectivity index (χ4v) is 3.21. The van der Waals surface area contributed by atoms with Crippen LogP contribution in [0.15, 0.2) is 0 Å². The minimum absolute atomic E-state index is 0.146.